The van der Waals surface area contributed by atoms with Crippen LogP contribution in [-0.4, -0.2) is 4.37 Å². The zero-order valence-corrected chi connectivity index (χ0v) is 11.1. The number of nitrogens with zero attached hydrogens (tertiary/aromatic N) is 1. The van der Waals surface area contributed by atoms with Gasteiger partial charge in [-0.2, -0.15) is 8.76 Å². The van der Waals surface area contributed by atoms with E-state index in [9.17, 15) is 4.39 Å². The molecule has 0 saturated carbocycles. The maximum absolute atomic E-state index is 13.0. The third kappa shape index (κ3) is 2.54. The quantitative estimate of drug-likeness (QED) is 0.790. The van der Waals surface area contributed by atoms with Gasteiger partial charge >= 0.3 is 0 Å². The van der Waals surface area contributed by atoms with Gasteiger partial charge in [0.2, 0.25) is 5.95 Å². The van der Waals surface area contributed by atoms with Crippen molar-refractivity contribution in [2.75, 3.05) is 0 Å². The summed E-state index contributed by atoms with van der Waals surface area (Å²) in [6.45, 7) is 6.44. The highest BCUT2D eigenvalue weighted by molar-refractivity contribution is 9.10. The predicted octanol–water partition coefficient (Wildman–Crippen LogP) is 4.51. The molecule has 14 heavy (non-hydrogen) atoms. The largest absolute Gasteiger partial charge is 0.238 e. The van der Waals surface area contributed by atoms with Gasteiger partial charge in [-0.1, -0.05) is 33.6 Å². The second-order valence-corrected chi connectivity index (χ2v) is 5.67. The van der Waals surface area contributed by atoms with Gasteiger partial charge in [-0.15, -0.1) is 0 Å². The van der Waals surface area contributed by atoms with Crippen molar-refractivity contribution in [3.8, 4) is 0 Å². The lowest BCUT2D eigenvalue weighted by Gasteiger charge is -2.22. The summed E-state index contributed by atoms with van der Waals surface area (Å²) >= 11 is 4.51. The van der Waals surface area contributed by atoms with Crippen LogP contribution in [0.15, 0.2) is 4.47 Å². The van der Waals surface area contributed by atoms with Gasteiger partial charge in [-0.3, -0.25) is 0 Å². The summed E-state index contributed by atoms with van der Waals surface area (Å²) in [5.41, 5.74) is 0.0247. The Morgan fingerprint density at radius 3 is 2.57 bits per heavy atom. The van der Waals surface area contributed by atoms with Crippen LogP contribution >= 0.6 is 27.5 Å². The smallest absolute Gasteiger partial charge is 0.183 e. The summed E-state index contributed by atoms with van der Waals surface area (Å²) < 4.78 is 17.3. The van der Waals surface area contributed by atoms with E-state index in [1.807, 2.05) is 0 Å². The van der Waals surface area contributed by atoms with Crippen LogP contribution in [0, 0.1) is 5.95 Å². The summed E-state index contributed by atoms with van der Waals surface area (Å²) in [5.74, 6) is -0.380. The molecule has 0 unspecified atom stereocenters. The van der Waals surface area contributed by atoms with Crippen LogP contribution in [0.4, 0.5) is 4.39 Å². The van der Waals surface area contributed by atoms with Crippen LogP contribution in [0.3, 0.4) is 0 Å². The fourth-order valence-corrected chi connectivity index (χ4v) is 3.15. The highest BCUT2D eigenvalue weighted by atomic mass is 79.9. The zero-order valence-electron chi connectivity index (χ0n) is 8.73. The number of halogens is 2. The van der Waals surface area contributed by atoms with Crippen molar-refractivity contribution in [1.82, 2.24) is 4.37 Å². The molecular weight excluding hydrogens is 265 g/mol. The van der Waals surface area contributed by atoms with Crippen molar-refractivity contribution in [3.63, 3.8) is 0 Å². The van der Waals surface area contributed by atoms with Crippen molar-refractivity contribution in [2.24, 2.45) is 0 Å². The topological polar surface area (TPSA) is 12.9 Å². The van der Waals surface area contributed by atoms with Crippen LogP contribution in [0.25, 0.3) is 0 Å². The Morgan fingerprint density at radius 2 is 2.14 bits per heavy atom. The second-order valence-electron chi connectivity index (χ2n) is 4.10. The minimum Gasteiger partial charge on any atom is -0.183 e. The molecule has 1 nitrogen and oxygen atoms in total. The van der Waals surface area contributed by atoms with Crippen molar-refractivity contribution >= 4 is 27.5 Å². The Bertz CT molecular complexity index is 309. The molecule has 0 aliphatic carbocycles. The van der Waals surface area contributed by atoms with Crippen molar-refractivity contribution in [3.05, 3.63) is 15.3 Å². The van der Waals surface area contributed by atoms with Gasteiger partial charge in [0.05, 0.1) is 4.47 Å². The SMILES string of the molecule is CCCCC(C)(C)c1snc(F)c1Br. The van der Waals surface area contributed by atoms with Gasteiger partial charge < -0.3 is 0 Å². The Morgan fingerprint density at radius 1 is 1.50 bits per heavy atom. The molecule has 80 valence electrons. The van der Waals surface area contributed by atoms with Gasteiger partial charge in [0, 0.05) is 10.3 Å². The van der Waals surface area contributed by atoms with Gasteiger partial charge in [-0.25, -0.2) is 0 Å². The molecule has 0 fully saturated rings. The minimum atomic E-state index is -0.380. The molecule has 0 atom stereocenters. The highest BCUT2D eigenvalue weighted by Gasteiger charge is 2.26. The molecule has 1 heterocycles. The molecule has 1 aromatic rings. The van der Waals surface area contributed by atoms with E-state index in [1.165, 1.54) is 24.4 Å². The van der Waals surface area contributed by atoms with E-state index in [1.54, 1.807) is 0 Å². The second kappa shape index (κ2) is 4.71. The lowest BCUT2D eigenvalue weighted by atomic mass is 9.86. The first-order valence-electron chi connectivity index (χ1n) is 4.80. The fourth-order valence-electron chi connectivity index (χ4n) is 1.41. The van der Waals surface area contributed by atoms with Crippen molar-refractivity contribution in [2.45, 2.75) is 45.4 Å². The maximum atomic E-state index is 13.0. The Kier molecular flexibility index (Phi) is 4.07. The molecule has 1 aromatic heterocycles. The molecule has 0 amide bonds. The third-order valence-corrected chi connectivity index (χ3v) is 4.54. The lowest BCUT2D eigenvalue weighted by molar-refractivity contribution is 0.462. The van der Waals surface area contributed by atoms with E-state index in [-0.39, 0.29) is 11.4 Å². The average molecular weight is 280 g/mol. The minimum absolute atomic E-state index is 0.0247. The summed E-state index contributed by atoms with van der Waals surface area (Å²) in [6, 6.07) is 0. The van der Waals surface area contributed by atoms with Crippen LogP contribution in [0.1, 0.15) is 44.9 Å². The summed E-state index contributed by atoms with van der Waals surface area (Å²) in [4.78, 5) is 1.02. The number of hydrogen-bond donors (Lipinski definition) is 0. The molecule has 0 saturated heterocycles. The molecule has 0 spiro atoms. The summed E-state index contributed by atoms with van der Waals surface area (Å²) in [5, 5.41) is 0. The van der Waals surface area contributed by atoms with E-state index in [0.29, 0.717) is 4.47 Å². The molecule has 4 heteroatoms. The zero-order chi connectivity index (χ0) is 10.8. The van der Waals surface area contributed by atoms with Crippen LogP contribution in [-0.2, 0) is 5.41 Å². The summed E-state index contributed by atoms with van der Waals surface area (Å²) in [7, 11) is 0. The van der Waals surface area contributed by atoms with Gasteiger partial charge in [0.25, 0.3) is 0 Å². The maximum Gasteiger partial charge on any atom is 0.238 e. The number of aromatic nitrogens is 1. The molecule has 0 aliphatic heterocycles. The monoisotopic (exact) mass is 279 g/mol. The van der Waals surface area contributed by atoms with E-state index in [2.05, 4.69) is 41.1 Å². The number of rotatable bonds is 4. The Labute approximate surface area is 97.0 Å². The first-order chi connectivity index (χ1) is 6.49. The van der Waals surface area contributed by atoms with Crippen molar-refractivity contribution in [1.29, 1.82) is 0 Å². The molecule has 0 radical (unpaired) electrons. The molecule has 1 rings (SSSR count). The van der Waals surface area contributed by atoms with E-state index >= 15 is 0 Å². The average Bonchev–Trinajstić information content (AvgIpc) is 2.45. The molecule has 0 bridgehead atoms. The first kappa shape index (κ1) is 12.1. The highest BCUT2D eigenvalue weighted by Crippen LogP contribution is 2.38. The Balaban J connectivity index is 2.86. The normalized spacial score (nSPS) is 12.1. The standard InChI is InChI=1S/C10H15BrFNS/c1-4-5-6-10(2,3)8-7(11)9(12)13-14-8/h4-6H2,1-3H3. The Hall–Kier alpha value is 0.0400. The van der Waals surface area contributed by atoms with Gasteiger partial charge in [0.1, 0.15) is 0 Å². The van der Waals surface area contributed by atoms with Gasteiger partial charge in [-0.05, 0) is 33.9 Å². The van der Waals surface area contributed by atoms with Crippen LogP contribution < -0.4 is 0 Å². The molecule has 0 aliphatic rings. The molecule has 0 aromatic carbocycles. The summed E-state index contributed by atoms with van der Waals surface area (Å²) in [6.07, 6.45) is 3.41. The first-order valence-corrected chi connectivity index (χ1v) is 6.37. The van der Waals surface area contributed by atoms with E-state index in [0.717, 1.165) is 11.3 Å². The van der Waals surface area contributed by atoms with Crippen molar-refractivity contribution < 1.29 is 4.39 Å². The number of hydrogen-bond acceptors (Lipinski definition) is 2. The third-order valence-electron chi connectivity index (χ3n) is 2.37. The fraction of sp³-hybridized carbons (Fsp3) is 0.700. The van der Waals surface area contributed by atoms with Gasteiger partial charge in [0.15, 0.2) is 0 Å². The van der Waals surface area contributed by atoms with E-state index < -0.39 is 0 Å². The predicted molar refractivity (Wildman–Crippen MR) is 62.3 cm³/mol. The van der Waals surface area contributed by atoms with Crippen LogP contribution in [0.2, 0.25) is 0 Å². The molecular formula is C10H15BrFNS. The number of unbranched alkanes of at least 4 members (excludes halogenated alkanes) is 1. The van der Waals surface area contributed by atoms with E-state index in [4.69, 9.17) is 0 Å². The molecule has 0 N–H and O–H groups in total. The van der Waals surface area contributed by atoms with Crippen LogP contribution in [0.5, 0.6) is 0 Å². The lowest BCUT2D eigenvalue weighted by Crippen LogP contribution is -2.15.